The van der Waals surface area contributed by atoms with Crippen LogP contribution in [-0.2, 0) is 6.18 Å². The van der Waals surface area contributed by atoms with E-state index in [0.29, 0.717) is 5.89 Å². The fourth-order valence-corrected chi connectivity index (χ4v) is 1.96. The summed E-state index contributed by atoms with van der Waals surface area (Å²) >= 11 is 0.821. The van der Waals surface area contributed by atoms with Crippen LogP contribution in [0.25, 0.3) is 0 Å². The first kappa shape index (κ1) is 13.6. The first-order valence-electron chi connectivity index (χ1n) is 4.92. The number of anilines is 1. The molecule has 0 saturated carbocycles. The smallest absolute Gasteiger partial charge is 0.416 e. The number of hydrogen-bond donors (Lipinski definition) is 2. The predicted octanol–water partition coefficient (Wildman–Crippen LogP) is 2.23. The number of rotatable bonds is 3. The van der Waals surface area contributed by atoms with E-state index in [4.69, 9.17) is 10.3 Å². The number of nitrogen functional groups attached to an aromatic ring is 1. The van der Waals surface area contributed by atoms with Crippen molar-refractivity contribution in [3.05, 3.63) is 23.6 Å². The predicted molar refractivity (Wildman–Crippen MR) is 60.2 cm³/mol. The molecule has 0 spiro atoms. The minimum Gasteiger partial charge on any atom is -0.416 e. The Hall–Kier alpha value is -1.81. The number of hydrazine groups is 1. The molecule has 0 unspecified atom stereocenters. The average molecular weight is 291 g/mol. The largest absolute Gasteiger partial charge is 0.416 e. The maximum Gasteiger partial charge on any atom is 0.416 e. The van der Waals surface area contributed by atoms with Crippen LogP contribution < -0.4 is 11.3 Å². The highest BCUT2D eigenvalue weighted by molar-refractivity contribution is 7.99. The fraction of sp³-hybridized carbons (Fsp3) is 0.222. The van der Waals surface area contributed by atoms with Crippen LogP contribution in [0, 0.1) is 6.92 Å². The number of nitrogens with zero attached hydrogens (tertiary/aromatic N) is 3. The molecule has 0 aliphatic rings. The molecule has 0 aromatic carbocycles. The van der Waals surface area contributed by atoms with Gasteiger partial charge in [0.15, 0.2) is 0 Å². The van der Waals surface area contributed by atoms with Gasteiger partial charge in [-0.15, -0.1) is 10.2 Å². The lowest BCUT2D eigenvalue weighted by atomic mass is 10.2. The molecule has 0 amide bonds. The second-order valence-electron chi connectivity index (χ2n) is 3.41. The Labute approximate surface area is 109 Å². The summed E-state index contributed by atoms with van der Waals surface area (Å²) in [5.41, 5.74) is 1.21. The highest BCUT2D eigenvalue weighted by atomic mass is 32.2. The van der Waals surface area contributed by atoms with Crippen LogP contribution in [0.4, 0.5) is 19.0 Å². The third kappa shape index (κ3) is 3.35. The molecule has 0 bridgehead atoms. The van der Waals surface area contributed by atoms with Crippen molar-refractivity contribution in [3.63, 3.8) is 0 Å². The van der Waals surface area contributed by atoms with E-state index in [2.05, 4.69) is 20.6 Å². The van der Waals surface area contributed by atoms with E-state index in [1.807, 2.05) is 0 Å². The highest BCUT2D eigenvalue weighted by Crippen LogP contribution is 2.34. The van der Waals surface area contributed by atoms with Gasteiger partial charge in [-0.1, -0.05) is 0 Å². The summed E-state index contributed by atoms with van der Waals surface area (Å²) in [7, 11) is 0. The normalized spacial score (nSPS) is 11.6. The van der Waals surface area contributed by atoms with Crippen molar-refractivity contribution < 1.29 is 17.6 Å². The van der Waals surface area contributed by atoms with Crippen LogP contribution in [0.3, 0.4) is 0 Å². The van der Waals surface area contributed by atoms with Crippen molar-refractivity contribution in [3.8, 4) is 0 Å². The number of alkyl halides is 3. The standard InChI is InChI=1S/C9H8F3N5OS/c1-4-16-17-8(18-4)19-7-3-5(9(10,11)12)2-6(14-7)15-13/h2-3H,13H2,1H3,(H,14,15). The highest BCUT2D eigenvalue weighted by Gasteiger charge is 2.31. The summed E-state index contributed by atoms with van der Waals surface area (Å²) in [6, 6.07) is 1.69. The second kappa shape index (κ2) is 5.05. The lowest BCUT2D eigenvalue weighted by Gasteiger charge is -2.09. The molecular formula is C9H8F3N5OS. The summed E-state index contributed by atoms with van der Waals surface area (Å²) in [5.74, 6) is 5.30. The zero-order valence-corrected chi connectivity index (χ0v) is 10.3. The zero-order chi connectivity index (χ0) is 14.0. The first-order chi connectivity index (χ1) is 8.88. The first-order valence-corrected chi connectivity index (χ1v) is 5.74. The van der Waals surface area contributed by atoms with Crippen LogP contribution in [0.15, 0.2) is 26.8 Å². The van der Waals surface area contributed by atoms with E-state index < -0.39 is 11.7 Å². The van der Waals surface area contributed by atoms with Crippen LogP contribution in [0.1, 0.15) is 11.5 Å². The van der Waals surface area contributed by atoms with E-state index >= 15 is 0 Å². The molecule has 2 aromatic rings. The molecule has 0 aliphatic carbocycles. The lowest BCUT2D eigenvalue weighted by molar-refractivity contribution is -0.137. The number of hydrogen-bond acceptors (Lipinski definition) is 7. The number of aryl methyl sites for hydroxylation is 1. The number of nitrogens with two attached hydrogens (primary N) is 1. The third-order valence-corrected chi connectivity index (χ3v) is 2.73. The van der Waals surface area contributed by atoms with Gasteiger partial charge in [-0.05, 0) is 23.9 Å². The summed E-state index contributed by atoms with van der Waals surface area (Å²) < 4.78 is 43.1. The molecule has 19 heavy (non-hydrogen) atoms. The Bertz CT molecular complexity index is 585. The Morgan fingerprint density at radius 3 is 2.58 bits per heavy atom. The number of halogens is 3. The zero-order valence-electron chi connectivity index (χ0n) is 9.52. The van der Waals surface area contributed by atoms with Gasteiger partial charge in [-0.2, -0.15) is 13.2 Å². The van der Waals surface area contributed by atoms with Gasteiger partial charge in [0.2, 0.25) is 5.89 Å². The van der Waals surface area contributed by atoms with E-state index in [0.717, 1.165) is 23.9 Å². The van der Waals surface area contributed by atoms with Crippen molar-refractivity contribution in [2.24, 2.45) is 5.84 Å². The maximum atomic E-state index is 12.7. The number of nitrogens with one attached hydrogen (secondary N) is 1. The average Bonchev–Trinajstić information content (AvgIpc) is 2.73. The van der Waals surface area contributed by atoms with Crippen molar-refractivity contribution in [1.29, 1.82) is 0 Å². The van der Waals surface area contributed by atoms with Crippen LogP contribution in [0.2, 0.25) is 0 Å². The minimum absolute atomic E-state index is 0.0476. The lowest BCUT2D eigenvalue weighted by Crippen LogP contribution is -2.12. The third-order valence-electron chi connectivity index (χ3n) is 1.98. The van der Waals surface area contributed by atoms with E-state index in [1.165, 1.54) is 0 Å². The monoisotopic (exact) mass is 291 g/mol. The summed E-state index contributed by atoms with van der Waals surface area (Å²) in [4.78, 5) is 3.87. The van der Waals surface area contributed by atoms with Crippen molar-refractivity contribution in [2.45, 2.75) is 23.3 Å². The Balaban J connectivity index is 2.34. The van der Waals surface area contributed by atoms with Crippen molar-refractivity contribution in [2.75, 3.05) is 5.43 Å². The molecule has 2 rings (SSSR count). The molecule has 0 radical (unpaired) electrons. The van der Waals surface area contributed by atoms with E-state index in [1.54, 1.807) is 6.92 Å². The fourth-order valence-electron chi connectivity index (χ4n) is 1.20. The van der Waals surface area contributed by atoms with Gasteiger partial charge in [-0.25, -0.2) is 10.8 Å². The van der Waals surface area contributed by atoms with E-state index in [9.17, 15) is 13.2 Å². The second-order valence-corrected chi connectivity index (χ2v) is 4.38. The SMILES string of the molecule is Cc1nnc(Sc2cc(C(F)(F)F)cc(NN)n2)o1. The molecule has 0 atom stereocenters. The Morgan fingerprint density at radius 2 is 2.05 bits per heavy atom. The van der Waals surface area contributed by atoms with Gasteiger partial charge in [0, 0.05) is 6.92 Å². The van der Waals surface area contributed by atoms with Gasteiger partial charge in [0.1, 0.15) is 10.8 Å². The van der Waals surface area contributed by atoms with Gasteiger partial charge in [-0.3, -0.25) is 0 Å². The number of aromatic nitrogens is 3. The van der Waals surface area contributed by atoms with Gasteiger partial charge in [0.25, 0.3) is 5.22 Å². The van der Waals surface area contributed by atoms with Gasteiger partial charge in [0.05, 0.1) is 5.56 Å². The molecular weight excluding hydrogens is 283 g/mol. The topological polar surface area (TPSA) is 89.9 Å². The quantitative estimate of drug-likeness (QED) is 0.662. The van der Waals surface area contributed by atoms with E-state index in [-0.39, 0.29) is 16.1 Å². The number of pyridine rings is 1. The van der Waals surface area contributed by atoms with Crippen LogP contribution >= 0.6 is 11.8 Å². The summed E-state index contributed by atoms with van der Waals surface area (Å²) in [6.45, 7) is 1.57. The molecule has 2 heterocycles. The molecule has 10 heteroatoms. The molecule has 0 fully saturated rings. The molecule has 0 saturated heterocycles. The van der Waals surface area contributed by atoms with Crippen LogP contribution in [0.5, 0.6) is 0 Å². The van der Waals surface area contributed by atoms with Gasteiger partial charge >= 0.3 is 6.18 Å². The van der Waals surface area contributed by atoms with Crippen molar-refractivity contribution in [1.82, 2.24) is 15.2 Å². The molecule has 102 valence electrons. The van der Waals surface area contributed by atoms with Crippen LogP contribution in [-0.4, -0.2) is 15.2 Å². The molecule has 6 nitrogen and oxygen atoms in total. The summed E-state index contributed by atoms with van der Waals surface area (Å²) in [5, 5.41) is 7.38. The van der Waals surface area contributed by atoms with Gasteiger partial charge < -0.3 is 9.84 Å². The Morgan fingerprint density at radius 1 is 1.32 bits per heavy atom. The molecule has 0 aliphatic heterocycles. The maximum absolute atomic E-state index is 12.7. The van der Waals surface area contributed by atoms with Crippen molar-refractivity contribution >= 4 is 17.6 Å². The minimum atomic E-state index is -4.49. The molecule has 3 N–H and O–H groups in total. The summed E-state index contributed by atoms with van der Waals surface area (Å²) in [6.07, 6.45) is -4.49. The molecule has 2 aromatic heterocycles. The Kier molecular flexibility index (Phi) is 3.62.